The maximum atomic E-state index is 5.65. The molecule has 6 heteroatoms. The number of nitrogens with zero attached hydrogens (tertiary/aromatic N) is 1. The van der Waals surface area contributed by atoms with E-state index in [4.69, 9.17) is 14.2 Å². The predicted molar refractivity (Wildman–Crippen MR) is 84.3 cm³/mol. The van der Waals surface area contributed by atoms with Gasteiger partial charge in [-0.3, -0.25) is 4.99 Å². The maximum Gasteiger partial charge on any atom is 0.191 e. The first-order valence-corrected chi connectivity index (χ1v) is 7.08. The Balaban J connectivity index is 2.31. The van der Waals surface area contributed by atoms with Crippen molar-refractivity contribution in [2.45, 2.75) is 6.92 Å². The number of aliphatic imine (C=N–C) groups is 1. The molecule has 0 amide bonds. The first-order chi connectivity index (χ1) is 10.3. The van der Waals surface area contributed by atoms with E-state index in [1.54, 1.807) is 14.2 Å². The Hall–Kier alpha value is -1.95. The number of ether oxygens (including phenoxy) is 3. The summed E-state index contributed by atoms with van der Waals surface area (Å²) < 4.78 is 15.8. The van der Waals surface area contributed by atoms with E-state index in [-0.39, 0.29) is 0 Å². The van der Waals surface area contributed by atoms with Crippen molar-refractivity contribution in [3.8, 4) is 11.5 Å². The molecule has 1 aromatic rings. The summed E-state index contributed by atoms with van der Waals surface area (Å²) in [7, 11) is 3.30. The van der Waals surface area contributed by atoms with Crippen LogP contribution < -0.4 is 20.1 Å². The number of hydrogen-bond acceptors (Lipinski definition) is 4. The summed E-state index contributed by atoms with van der Waals surface area (Å²) in [6.07, 6.45) is 0. The summed E-state index contributed by atoms with van der Waals surface area (Å²) in [4.78, 5) is 4.37. The van der Waals surface area contributed by atoms with E-state index in [1.165, 1.54) is 0 Å². The number of benzene rings is 1. The predicted octanol–water partition coefficient (Wildman–Crippen LogP) is 1.28. The van der Waals surface area contributed by atoms with E-state index in [0.29, 0.717) is 26.3 Å². The molecule has 0 aliphatic rings. The lowest BCUT2D eigenvalue weighted by atomic mass is 10.3. The minimum Gasteiger partial charge on any atom is -0.497 e. The Labute approximate surface area is 126 Å². The highest BCUT2D eigenvalue weighted by Crippen LogP contribution is 2.18. The highest BCUT2D eigenvalue weighted by molar-refractivity contribution is 5.79. The highest BCUT2D eigenvalue weighted by Gasteiger charge is 1.98. The number of hydrogen-bond donors (Lipinski definition) is 2. The average Bonchev–Trinajstić information content (AvgIpc) is 2.52. The van der Waals surface area contributed by atoms with E-state index in [2.05, 4.69) is 15.6 Å². The normalized spacial score (nSPS) is 11.1. The zero-order valence-electron chi connectivity index (χ0n) is 13.0. The van der Waals surface area contributed by atoms with Crippen LogP contribution in [0.3, 0.4) is 0 Å². The third-order valence-corrected chi connectivity index (χ3v) is 2.61. The molecule has 0 saturated heterocycles. The fraction of sp³-hybridized carbons (Fsp3) is 0.533. The average molecular weight is 295 g/mol. The molecule has 0 bridgehead atoms. The molecule has 0 atom stereocenters. The zero-order chi connectivity index (χ0) is 15.3. The van der Waals surface area contributed by atoms with E-state index in [1.807, 2.05) is 31.2 Å². The number of methoxy groups -OCH3 is 2. The summed E-state index contributed by atoms with van der Waals surface area (Å²) in [6.45, 7) is 5.28. The van der Waals surface area contributed by atoms with Crippen LogP contribution in [0.5, 0.6) is 11.5 Å². The Morgan fingerprint density at radius 3 is 2.67 bits per heavy atom. The van der Waals surface area contributed by atoms with Gasteiger partial charge in [0.15, 0.2) is 5.96 Å². The van der Waals surface area contributed by atoms with E-state index in [0.717, 1.165) is 24.0 Å². The van der Waals surface area contributed by atoms with Gasteiger partial charge in [0.25, 0.3) is 0 Å². The minimum absolute atomic E-state index is 0.544. The van der Waals surface area contributed by atoms with Gasteiger partial charge in [0.2, 0.25) is 0 Å². The minimum atomic E-state index is 0.544. The molecule has 0 aromatic heterocycles. The van der Waals surface area contributed by atoms with Gasteiger partial charge in [0.1, 0.15) is 18.1 Å². The molecule has 2 N–H and O–H groups in total. The van der Waals surface area contributed by atoms with Crippen molar-refractivity contribution in [2.75, 3.05) is 47.1 Å². The topological polar surface area (TPSA) is 64.1 Å². The van der Waals surface area contributed by atoms with Gasteiger partial charge >= 0.3 is 0 Å². The second-order valence-electron chi connectivity index (χ2n) is 4.21. The fourth-order valence-electron chi connectivity index (χ4n) is 1.62. The zero-order valence-corrected chi connectivity index (χ0v) is 13.0. The van der Waals surface area contributed by atoms with Crippen molar-refractivity contribution in [1.82, 2.24) is 10.6 Å². The van der Waals surface area contributed by atoms with Gasteiger partial charge < -0.3 is 24.8 Å². The number of guanidine groups is 1. The van der Waals surface area contributed by atoms with Crippen molar-refractivity contribution >= 4 is 5.96 Å². The largest absolute Gasteiger partial charge is 0.497 e. The molecule has 0 aliphatic carbocycles. The first kappa shape index (κ1) is 17.1. The first-order valence-electron chi connectivity index (χ1n) is 7.08. The summed E-state index contributed by atoms with van der Waals surface area (Å²) >= 11 is 0. The number of rotatable bonds is 9. The van der Waals surface area contributed by atoms with Crippen molar-refractivity contribution in [1.29, 1.82) is 0 Å². The second kappa shape index (κ2) is 10.8. The molecule has 0 fully saturated rings. The summed E-state index contributed by atoms with van der Waals surface area (Å²) in [5.74, 6) is 2.34. The molecule has 0 unspecified atom stereocenters. The van der Waals surface area contributed by atoms with Gasteiger partial charge in [-0.05, 0) is 19.1 Å². The molecule has 0 heterocycles. The molecule has 0 aliphatic heterocycles. The molecule has 6 nitrogen and oxygen atoms in total. The van der Waals surface area contributed by atoms with E-state index >= 15 is 0 Å². The smallest absolute Gasteiger partial charge is 0.191 e. The summed E-state index contributed by atoms with van der Waals surface area (Å²) in [5, 5.41) is 6.37. The highest BCUT2D eigenvalue weighted by atomic mass is 16.5. The molecule has 1 rings (SSSR count). The third-order valence-electron chi connectivity index (χ3n) is 2.61. The van der Waals surface area contributed by atoms with Crippen LogP contribution in [0.15, 0.2) is 29.3 Å². The van der Waals surface area contributed by atoms with Crippen LogP contribution in [-0.4, -0.2) is 53.0 Å². The second-order valence-corrected chi connectivity index (χ2v) is 4.21. The van der Waals surface area contributed by atoms with Crippen LogP contribution in [0.2, 0.25) is 0 Å². The Morgan fingerprint density at radius 1 is 1.14 bits per heavy atom. The van der Waals surface area contributed by atoms with Crippen LogP contribution in [0, 0.1) is 0 Å². The van der Waals surface area contributed by atoms with Crippen LogP contribution in [0.1, 0.15) is 6.92 Å². The van der Waals surface area contributed by atoms with Gasteiger partial charge in [-0.2, -0.15) is 0 Å². The lowest BCUT2D eigenvalue weighted by molar-refractivity contribution is 0.208. The Morgan fingerprint density at radius 2 is 1.95 bits per heavy atom. The fourth-order valence-corrected chi connectivity index (χ4v) is 1.62. The quantitative estimate of drug-likeness (QED) is 0.408. The Kier molecular flexibility index (Phi) is 8.79. The van der Waals surface area contributed by atoms with Gasteiger partial charge in [-0.15, -0.1) is 0 Å². The lowest BCUT2D eigenvalue weighted by Gasteiger charge is -2.12. The molecule has 1 aromatic carbocycles. The van der Waals surface area contributed by atoms with Gasteiger partial charge in [-0.1, -0.05) is 6.07 Å². The SMILES string of the molecule is CCNC(=NCCOC)NCCOc1cccc(OC)c1. The van der Waals surface area contributed by atoms with Crippen LogP contribution >= 0.6 is 0 Å². The molecule has 118 valence electrons. The maximum absolute atomic E-state index is 5.65. The van der Waals surface area contributed by atoms with E-state index < -0.39 is 0 Å². The van der Waals surface area contributed by atoms with Gasteiger partial charge in [0, 0.05) is 19.7 Å². The lowest BCUT2D eigenvalue weighted by Crippen LogP contribution is -2.39. The Bertz CT molecular complexity index is 424. The molecule has 21 heavy (non-hydrogen) atoms. The van der Waals surface area contributed by atoms with Crippen molar-refractivity contribution in [3.05, 3.63) is 24.3 Å². The summed E-state index contributed by atoms with van der Waals surface area (Å²) in [6, 6.07) is 7.55. The van der Waals surface area contributed by atoms with Crippen LogP contribution in [0.4, 0.5) is 0 Å². The standard InChI is InChI=1S/C15H25N3O3/c1-4-16-15(17-8-10-19-2)18-9-11-21-14-7-5-6-13(12-14)20-3/h5-7,12H,4,8-11H2,1-3H3,(H2,16,17,18). The third kappa shape index (κ3) is 7.41. The molecular formula is C15H25N3O3. The molecular weight excluding hydrogens is 270 g/mol. The van der Waals surface area contributed by atoms with Gasteiger partial charge in [0.05, 0.1) is 26.8 Å². The molecule has 0 radical (unpaired) electrons. The van der Waals surface area contributed by atoms with E-state index in [9.17, 15) is 0 Å². The van der Waals surface area contributed by atoms with Crippen molar-refractivity contribution in [3.63, 3.8) is 0 Å². The van der Waals surface area contributed by atoms with Crippen LogP contribution in [-0.2, 0) is 4.74 Å². The number of nitrogens with one attached hydrogen (secondary N) is 2. The van der Waals surface area contributed by atoms with Gasteiger partial charge in [-0.25, -0.2) is 0 Å². The molecule has 0 saturated carbocycles. The van der Waals surface area contributed by atoms with Crippen LogP contribution in [0.25, 0.3) is 0 Å². The summed E-state index contributed by atoms with van der Waals surface area (Å²) in [5.41, 5.74) is 0. The van der Waals surface area contributed by atoms with Crippen molar-refractivity contribution < 1.29 is 14.2 Å². The van der Waals surface area contributed by atoms with Crippen molar-refractivity contribution in [2.24, 2.45) is 4.99 Å². The monoisotopic (exact) mass is 295 g/mol. The molecule has 0 spiro atoms.